The van der Waals surface area contributed by atoms with Crippen molar-refractivity contribution in [2.75, 3.05) is 19.4 Å². The first kappa shape index (κ1) is 18.1. The standard InChI is InChI=1S/C15H17N3O4S2/c1-9-8-12(13(16)19)15(23-9)17-14(20)10-4-6-11(7-5-10)24(21,22)18(2)3/h4-8H,1-3H3,(H2,16,19)(H,17,20). The van der Waals surface area contributed by atoms with Crippen LogP contribution in [0.25, 0.3) is 0 Å². The number of nitrogens with two attached hydrogens (primary N) is 1. The largest absolute Gasteiger partial charge is 0.366 e. The van der Waals surface area contributed by atoms with E-state index in [0.717, 1.165) is 9.18 Å². The lowest BCUT2D eigenvalue weighted by Crippen LogP contribution is -2.22. The van der Waals surface area contributed by atoms with Gasteiger partial charge in [0.25, 0.3) is 11.8 Å². The highest BCUT2D eigenvalue weighted by atomic mass is 32.2. The molecule has 128 valence electrons. The summed E-state index contributed by atoms with van der Waals surface area (Å²) in [5.74, 6) is -1.07. The average molecular weight is 367 g/mol. The van der Waals surface area contributed by atoms with Gasteiger partial charge in [-0.05, 0) is 37.3 Å². The van der Waals surface area contributed by atoms with Gasteiger partial charge in [0, 0.05) is 24.5 Å². The number of carbonyl (C=O) groups is 2. The van der Waals surface area contributed by atoms with Crippen molar-refractivity contribution < 1.29 is 18.0 Å². The molecule has 2 aromatic rings. The monoisotopic (exact) mass is 367 g/mol. The fourth-order valence-electron chi connectivity index (χ4n) is 1.95. The summed E-state index contributed by atoms with van der Waals surface area (Å²) < 4.78 is 25.1. The van der Waals surface area contributed by atoms with Gasteiger partial charge >= 0.3 is 0 Å². The molecule has 2 rings (SSSR count). The van der Waals surface area contributed by atoms with Crippen LogP contribution in [0.5, 0.6) is 0 Å². The highest BCUT2D eigenvalue weighted by Gasteiger charge is 2.19. The number of aryl methyl sites for hydroxylation is 1. The fourth-order valence-corrected chi connectivity index (χ4v) is 3.77. The molecule has 2 amide bonds. The molecule has 0 aliphatic heterocycles. The summed E-state index contributed by atoms with van der Waals surface area (Å²) in [4.78, 5) is 24.6. The lowest BCUT2D eigenvalue weighted by atomic mass is 10.2. The van der Waals surface area contributed by atoms with E-state index in [-0.39, 0.29) is 16.0 Å². The van der Waals surface area contributed by atoms with E-state index in [1.165, 1.54) is 49.7 Å². The second-order valence-electron chi connectivity index (χ2n) is 5.23. The predicted octanol–water partition coefficient (Wildman–Crippen LogP) is 1.66. The van der Waals surface area contributed by atoms with E-state index < -0.39 is 21.8 Å². The van der Waals surface area contributed by atoms with E-state index in [1.807, 2.05) is 0 Å². The van der Waals surface area contributed by atoms with Crippen LogP contribution in [0.3, 0.4) is 0 Å². The van der Waals surface area contributed by atoms with E-state index in [0.29, 0.717) is 5.00 Å². The molecule has 0 aliphatic carbocycles. The predicted molar refractivity (Wildman–Crippen MR) is 92.8 cm³/mol. The van der Waals surface area contributed by atoms with Gasteiger partial charge in [0.2, 0.25) is 10.0 Å². The molecule has 0 aliphatic rings. The second-order valence-corrected chi connectivity index (χ2v) is 8.64. The quantitative estimate of drug-likeness (QED) is 0.837. The van der Waals surface area contributed by atoms with Crippen LogP contribution in [-0.4, -0.2) is 38.6 Å². The van der Waals surface area contributed by atoms with Crippen LogP contribution in [0.2, 0.25) is 0 Å². The first-order valence-electron chi connectivity index (χ1n) is 6.87. The molecule has 9 heteroatoms. The average Bonchev–Trinajstić information content (AvgIpc) is 2.88. The second kappa shape index (κ2) is 6.71. The SMILES string of the molecule is Cc1cc(C(N)=O)c(NC(=O)c2ccc(S(=O)(=O)N(C)C)cc2)s1. The van der Waals surface area contributed by atoms with Crippen LogP contribution in [0, 0.1) is 6.92 Å². The Hall–Kier alpha value is -2.23. The zero-order valence-corrected chi connectivity index (χ0v) is 15.0. The number of nitrogens with one attached hydrogen (secondary N) is 1. The topological polar surface area (TPSA) is 110 Å². The minimum absolute atomic E-state index is 0.0915. The van der Waals surface area contributed by atoms with E-state index >= 15 is 0 Å². The van der Waals surface area contributed by atoms with E-state index in [9.17, 15) is 18.0 Å². The molecule has 1 heterocycles. The number of hydrogen-bond acceptors (Lipinski definition) is 5. The molecule has 0 bridgehead atoms. The molecule has 0 saturated carbocycles. The van der Waals surface area contributed by atoms with E-state index in [1.54, 1.807) is 13.0 Å². The van der Waals surface area contributed by atoms with Crippen molar-refractivity contribution in [1.29, 1.82) is 0 Å². The lowest BCUT2D eigenvalue weighted by molar-refractivity contribution is 0.100. The van der Waals surface area contributed by atoms with Crippen molar-refractivity contribution in [2.45, 2.75) is 11.8 Å². The molecule has 1 aromatic heterocycles. The van der Waals surface area contributed by atoms with Gasteiger partial charge in [0.15, 0.2) is 0 Å². The Morgan fingerprint density at radius 1 is 1.17 bits per heavy atom. The minimum atomic E-state index is -3.55. The molecule has 24 heavy (non-hydrogen) atoms. The number of sulfonamides is 1. The normalized spacial score (nSPS) is 11.5. The van der Waals surface area contributed by atoms with Crippen molar-refractivity contribution in [3.63, 3.8) is 0 Å². The Kier molecular flexibility index (Phi) is 5.07. The number of hydrogen-bond donors (Lipinski definition) is 2. The maximum atomic E-state index is 12.3. The van der Waals surface area contributed by atoms with Crippen LogP contribution >= 0.6 is 11.3 Å². The smallest absolute Gasteiger partial charge is 0.256 e. The third kappa shape index (κ3) is 3.64. The van der Waals surface area contributed by atoms with Crippen LogP contribution in [0.4, 0.5) is 5.00 Å². The Balaban J connectivity index is 2.24. The molecule has 0 spiro atoms. The van der Waals surface area contributed by atoms with Crippen molar-refractivity contribution >= 4 is 38.2 Å². The molecule has 7 nitrogen and oxygen atoms in total. The molecular formula is C15H17N3O4S2. The summed E-state index contributed by atoms with van der Waals surface area (Å²) in [6, 6.07) is 7.15. The molecule has 0 fully saturated rings. The van der Waals surface area contributed by atoms with Crippen LogP contribution < -0.4 is 11.1 Å². The molecule has 1 aromatic carbocycles. The lowest BCUT2D eigenvalue weighted by Gasteiger charge is -2.11. The third-order valence-electron chi connectivity index (χ3n) is 3.24. The summed E-state index contributed by atoms with van der Waals surface area (Å²) in [5, 5.41) is 3.00. The Bertz CT molecular complexity index is 884. The maximum Gasteiger partial charge on any atom is 0.256 e. The fraction of sp³-hybridized carbons (Fsp3) is 0.200. The number of rotatable bonds is 5. The zero-order valence-electron chi connectivity index (χ0n) is 13.4. The zero-order chi connectivity index (χ0) is 18.1. The van der Waals surface area contributed by atoms with Gasteiger partial charge in [-0.15, -0.1) is 11.3 Å². The van der Waals surface area contributed by atoms with Gasteiger partial charge in [-0.3, -0.25) is 9.59 Å². The Morgan fingerprint density at radius 2 is 1.75 bits per heavy atom. The van der Waals surface area contributed by atoms with E-state index in [4.69, 9.17) is 5.73 Å². The third-order valence-corrected chi connectivity index (χ3v) is 6.04. The Morgan fingerprint density at radius 3 is 2.25 bits per heavy atom. The summed E-state index contributed by atoms with van der Waals surface area (Å²) in [5.41, 5.74) is 5.80. The summed E-state index contributed by atoms with van der Waals surface area (Å²) in [6.07, 6.45) is 0. The van der Waals surface area contributed by atoms with Crippen LogP contribution in [0.1, 0.15) is 25.6 Å². The summed E-state index contributed by atoms with van der Waals surface area (Å²) in [6.45, 7) is 1.80. The van der Waals surface area contributed by atoms with Gasteiger partial charge in [-0.25, -0.2) is 12.7 Å². The minimum Gasteiger partial charge on any atom is -0.366 e. The first-order valence-corrected chi connectivity index (χ1v) is 9.12. The molecule has 0 radical (unpaired) electrons. The van der Waals surface area contributed by atoms with Gasteiger partial charge in [-0.1, -0.05) is 0 Å². The van der Waals surface area contributed by atoms with E-state index in [2.05, 4.69) is 5.32 Å². The van der Waals surface area contributed by atoms with Crippen molar-refractivity contribution in [1.82, 2.24) is 4.31 Å². The highest BCUT2D eigenvalue weighted by molar-refractivity contribution is 7.89. The number of nitrogens with zero attached hydrogens (tertiary/aromatic N) is 1. The molecule has 0 atom stereocenters. The van der Waals surface area contributed by atoms with Crippen LogP contribution in [0.15, 0.2) is 35.2 Å². The number of thiophene rings is 1. The summed E-state index contributed by atoms with van der Waals surface area (Å²) >= 11 is 1.24. The van der Waals surface area contributed by atoms with Gasteiger partial charge in [-0.2, -0.15) is 0 Å². The summed E-state index contributed by atoms with van der Waals surface area (Å²) in [7, 11) is -0.688. The highest BCUT2D eigenvalue weighted by Crippen LogP contribution is 2.27. The van der Waals surface area contributed by atoms with Crippen molar-refractivity contribution in [2.24, 2.45) is 5.73 Å². The maximum absolute atomic E-state index is 12.3. The number of primary amides is 1. The van der Waals surface area contributed by atoms with Crippen LogP contribution in [-0.2, 0) is 10.0 Å². The van der Waals surface area contributed by atoms with Gasteiger partial charge in [0.05, 0.1) is 10.5 Å². The van der Waals surface area contributed by atoms with Gasteiger partial charge in [0.1, 0.15) is 5.00 Å². The molecule has 0 saturated heterocycles. The van der Waals surface area contributed by atoms with Crippen molar-refractivity contribution in [3.8, 4) is 0 Å². The molecule has 0 unspecified atom stereocenters. The number of anilines is 1. The number of amides is 2. The number of carbonyl (C=O) groups excluding carboxylic acids is 2. The number of benzene rings is 1. The molecule has 3 N–H and O–H groups in total. The van der Waals surface area contributed by atoms with Gasteiger partial charge < -0.3 is 11.1 Å². The molecular weight excluding hydrogens is 350 g/mol. The Labute approximate surface area is 144 Å². The van der Waals surface area contributed by atoms with Crippen molar-refractivity contribution in [3.05, 3.63) is 46.3 Å². The first-order chi connectivity index (χ1) is 11.1.